The van der Waals surface area contributed by atoms with E-state index >= 15 is 0 Å². The van der Waals surface area contributed by atoms with Gasteiger partial charge in [0, 0.05) is 26.9 Å². The molecule has 0 aliphatic carbocycles. The zero-order valence-corrected chi connectivity index (χ0v) is 9.99. The molecule has 0 aromatic carbocycles. The van der Waals surface area contributed by atoms with Crippen LogP contribution in [-0.2, 0) is 10.2 Å². The number of hydrogen-bond donors (Lipinski definition) is 0. The van der Waals surface area contributed by atoms with Gasteiger partial charge in [-0.3, -0.25) is 4.79 Å². The van der Waals surface area contributed by atoms with Gasteiger partial charge in [-0.05, 0) is 19.8 Å². The third-order valence-electron chi connectivity index (χ3n) is 3.18. The summed E-state index contributed by atoms with van der Waals surface area (Å²) in [6.45, 7) is 6.97. The Morgan fingerprint density at radius 1 is 1.50 bits per heavy atom. The van der Waals surface area contributed by atoms with Crippen LogP contribution in [0.2, 0.25) is 0 Å². The minimum atomic E-state index is -0.189. The highest BCUT2D eigenvalue weighted by Crippen LogP contribution is 2.32. The summed E-state index contributed by atoms with van der Waals surface area (Å²) in [4.78, 5) is 13.2. The fourth-order valence-corrected chi connectivity index (χ4v) is 2.22. The molecule has 5 nitrogen and oxygen atoms in total. The number of hydrogen-bond acceptors (Lipinski definition) is 4. The zero-order chi connectivity index (χ0) is 11.8. The molecule has 1 amide bonds. The van der Waals surface area contributed by atoms with Crippen LogP contribution in [0.1, 0.15) is 38.5 Å². The lowest BCUT2D eigenvalue weighted by Gasteiger charge is -2.37. The molecule has 2 heterocycles. The predicted molar refractivity (Wildman–Crippen MR) is 57.9 cm³/mol. The molecular formula is C11H17N3O2. The van der Waals surface area contributed by atoms with E-state index in [0.717, 1.165) is 19.4 Å². The highest BCUT2D eigenvalue weighted by Gasteiger charge is 2.38. The topological polar surface area (TPSA) is 59.2 Å². The molecule has 0 unspecified atom stereocenters. The highest BCUT2D eigenvalue weighted by molar-refractivity contribution is 5.73. The van der Waals surface area contributed by atoms with Crippen LogP contribution in [0.15, 0.2) is 4.42 Å². The molecule has 5 heteroatoms. The fourth-order valence-electron chi connectivity index (χ4n) is 2.22. The van der Waals surface area contributed by atoms with Gasteiger partial charge in [-0.15, -0.1) is 10.2 Å². The molecule has 1 fully saturated rings. The number of piperidine rings is 1. The molecule has 88 valence electrons. The maximum Gasteiger partial charge on any atom is 0.224 e. The average molecular weight is 223 g/mol. The molecule has 0 radical (unpaired) electrons. The van der Waals surface area contributed by atoms with Crippen molar-refractivity contribution < 1.29 is 9.21 Å². The lowest BCUT2D eigenvalue weighted by Crippen LogP contribution is -2.46. The molecule has 1 saturated heterocycles. The van der Waals surface area contributed by atoms with Gasteiger partial charge in [0.2, 0.25) is 17.7 Å². The second kappa shape index (κ2) is 3.88. The van der Waals surface area contributed by atoms with Crippen LogP contribution < -0.4 is 0 Å². The van der Waals surface area contributed by atoms with Gasteiger partial charge >= 0.3 is 0 Å². The number of rotatable bonds is 1. The minimum Gasteiger partial charge on any atom is -0.425 e. The van der Waals surface area contributed by atoms with E-state index in [-0.39, 0.29) is 11.3 Å². The Bertz CT molecular complexity index is 402. The van der Waals surface area contributed by atoms with Crippen molar-refractivity contribution in [2.45, 2.75) is 39.0 Å². The van der Waals surface area contributed by atoms with Crippen molar-refractivity contribution >= 4 is 5.91 Å². The first-order valence-corrected chi connectivity index (χ1v) is 5.57. The Labute approximate surface area is 94.8 Å². The first-order valence-electron chi connectivity index (χ1n) is 5.57. The van der Waals surface area contributed by atoms with E-state index in [1.165, 1.54) is 0 Å². The van der Waals surface area contributed by atoms with E-state index < -0.39 is 0 Å². The van der Waals surface area contributed by atoms with Gasteiger partial charge < -0.3 is 9.32 Å². The number of carbonyl (C=O) groups excluding carboxylic acids is 1. The summed E-state index contributed by atoms with van der Waals surface area (Å²) in [7, 11) is 0. The maximum absolute atomic E-state index is 11.4. The zero-order valence-electron chi connectivity index (χ0n) is 9.99. The molecule has 2 rings (SSSR count). The minimum absolute atomic E-state index is 0.113. The van der Waals surface area contributed by atoms with Gasteiger partial charge in [-0.2, -0.15) is 0 Å². The Morgan fingerprint density at radius 3 is 2.81 bits per heavy atom. The third-order valence-corrected chi connectivity index (χ3v) is 3.18. The summed E-state index contributed by atoms with van der Waals surface area (Å²) in [5, 5.41) is 7.94. The molecule has 0 spiro atoms. The summed E-state index contributed by atoms with van der Waals surface area (Å²) in [6, 6.07) is 0. The van der Waals surface area contributed by atoms with Gasteiger partial charge in [-0.25, -0.2) is 0 Å². The highest BCUT2D eigenvalue weighted by atomic mass is 16.4. The smallest absolute Gasteiger partial charge is 0.224 e. The monoisotopic (exact) mass is 223 g/mol. The first kappa shape index (κ1) is 11.1. The Kier molecular flexibility index (Phi) is 2.69. The number of amides is 1. The van der Waals surface area contributed by atoms with Gasteiger partial charge in [0.25, 0.3) is 0 Å². The summed E-state index contributed by atoms with van der Waals surface area (Å²) < 4.78 is 5.49. The molecule has 1 aliphatic rings. The SMILES string of the molecule is CC(=O)N1CCC[C@@](C)(c2nnc(C)o2)C1. The van der Waals surface area contributed by atoms with Gasteiger partial charge in [-0.1, -0.05) is 0 Å². The molecule has 0 saturated carbocycles. The number of nitrogens with zero attached hydrogens (tertiary/aromatic N) is 3. The first-order chi connectivity index (χ1) is 7.51. The Hall–Kier alpha value is -1.39. The number of carbonyl (C=O) groups is 1. The second-order valence-electron chi connectivity index (χ2n) is 4.73. The Morgan fingerprint density at radius 2 is 2.25 bits per heavy atom. The molecule has 16 heavy (non-hydrogen) atoms. The van der Waals surface area contributed by atoms with E-state index in [4.69, 9.17) is 4.42 Å². The number of aryl methyl sites for hydroxylation is 1. The molecule has 1 aromatic heterocycles. The van der Waals surface area contributed by atoms with E-state index in [0.29, 0.717) is 18.3 Å². The van der Waals surface area contributed by atoms with Crippen LogP contribution in [0.4, 0.5) is 0 Å². The molecule has 1 aliphatic heterocycles. The van der Waals surface area contributed by atoms with Gasteiger partial charge in [0.15, 0.2) is 0 Å². The van der Waals surface area contributed by atoms with Crippen molar-refractivity contribution in [1.82, 2.24) is 15.1 Å². The van der Waals surface area contributed by atoms with Crippen molar-refractivity contribution in [3.8, 4) is 0 Å². The molecule has 1 aromatic rings. The maximum atomic E-state index is 11.4. The van der Waals surface area contributed by atoms with Crippen molar-refractivity contribution in [3.63, 3.8) is 0 Å². The molecular weight excluding hydrogens is 206 g/mol. The summed E-state index contributed by atoms with van der Waals surface area (Å²) >= 11 is 0. The molecule has 0 N–H and O–H groups in total. The van der Waals surface area contributed by atoms with E-state index in [9.17, 15) is 4.79 Å². The van der Waals surface area contributed by atoms with Crippen molar-refractivity contribution in [2.75, 3.05) is 13.1 Å². The lowest BCUT2D eigenvalue weighted by atomic mass is 9.82. The Balaban J connectivity index is 2.21. The second-order valence-corrected chi connectivity index (χ2v) is 4.73. The summed E-state index contributed by atoms with van der Waals surface area (Å²) in [5.41, 5.74) is -0.189. The normalized spacial score (nSPS) is 25.8. The van der Waals surface area contributed by atoms with E-state index in [2.05, 4.69) is 17.1 Å². The predicted octanol–water partition coefficient (Wildman–Crippen LogP) is 1.28. The van der Waals surface area contributed by atoms with E-state index in [1.807, 2.05) is 4.90 Å². The van der Waals surface area contributed by atoms with Crippen molar-refractivity contribution in [3.05, 3.63) is 11.8 Å². The fraction of sp³-hybridized carbons (Fsp3) is 0.727. The van der Waals surface area contributed by atoms with Gasteiger partial charge in [0.05, 0.1) is 5.41 Å². The van der Waals surface area contributed by atoms with Gasteiger partial charge in [0.1, 0.15) is 0 Å². The number of aromatic nitrogens is 2. The largest absolute Gasteiger partial charge is 0.425 e. The van der Waals surface area contributed by atoms with Crippen molar-refractivity contribution in [1.29, 1.82) is 0 Å². The quantitative estimate of drug-likeness (QED) is 0.719. The lowest BCUT2D eigenvalue weighted by molar-refractivity contribution is -0.131. The molecule has 1 atom stereocenters. The van der Waals surface area contributed by atoms with Crippen LogP contribution in [-0.4, -0.2) is 34.1 Å². The van der Waals surface area contributed by atoms with Crippen molar-refractivity contribution in [2.24, 2.45) is 0 Å². The van der Waals surface area contributed by atoms with Crippen LogP contribution >= 0.6 is 0 Å². The van der Waals surface area contributed by atoms with Crippen LogP contribution in [0, 0.1) is 6.92 Å². The number of likely N-dealkylation sites (tertiary alicyclic amines) is 1. The van der Waals surface area contributed by atoms with Crippen LogP contribution in [0.3, 0.4) is 0 Å². The molecule has 0 bridgehead atoms. The van der Waals surface area contributed by atoms with E-state index in [1.54, 1.807) is 13.8 Å². The van der Waals surface area contributed by atoms with Crippen LogP contribution in [0.25, 0.3) is 0 Å². The van der Waals surface area contributed by atoms with Crippen LogP contribution in [0.5, 0.6) is 0 Å². The average Bonchev–Trinajstić information content (AvgIpc) is 2.65. The standard InChI is InChI=1S/C11H17N3O2/c1-8-12-13-10(16-8)11(3)5-4-6-14(7-11)9(2)15/h4-7H2,1-3H3/t11-/m1/s1. The third kappa shape index (κ3) is 1.94. The summed E-state index contributed by atoms with van der Waals surface area (Å²) in [6.07, 6.45) is 1.97. The summed E-state index contributed by atoms with van der Waals surface area (Å²) in [5.74, 6) is 1.34.